The van der Waals surface area contributed by atoms with Crippen molar-refractivity contribution in [2.45, 2.75) is 32.4 Å². The largest absolute Gasteiger partial charge is 0.387 e. The van der Waals surface area contributed by atoms with Crippen LogP contribution in [0.15, 0.2) is 30.3 Å². The maximum absolute atomic E-state index is 12.3. The molecular formula is C17H26N2O2. The van der Waals surface area contributed by atoms with Crippen molar-refractivity contribution in [1.29, 1.82) is 0 Å². The van der Waals surface area contributed by atoms with E-state index in [1.165, 1.54) is 0 Å². The van der Waals surface area contributed by atoms with Crippen molar-refractivity contribution >= 4 is 5.91 Å². The van der Waals surface area contributed by atoms with Crippen LogP contribution in [-0.4, -0.2) is 53.1 Å². The molecule has 1 N–H and O–H groups in total. The third-order valence-corrected chi connectivity index (χ3v) is 4.68. The third kappa shape index (κ3) is 3.44. The predicted molar refractivity (Wildman–Crippen MR) is 83.9 cm³/mol. The van der Waals surface area contributed by atoms with Gasteiger partial charge >= 0.3 is 0 Å². The zero-order valence-electron chi connectivity index (χ0n) is 13.4. The Morgan fingerprint density at radius 1 is 1.29 bits per heavy atom. The van der Waals surface area contributed by atoms with Crippen LogP contribution < -0.4 is 0 Å². The summed E-state index contributed by atoms with van der Waals surface area (Å²) in [7, 11) is 1.84. The molecule has 1 aliphatic rings. The number of amides is 1. The van der Waals surface area contributed by atoms with E-state index < -0.39 is 5.60 Å². The van der Waals surface area contributed by atoms with Crippen molar-refractivity contribution in [3.05, 3.63) is 35.9 Å². The van der Waals surface area contributed by atoms with Crippen LogP contribution in [0.5, 0.6) is 0 Å². The zero-order valence-corrected chi connectivity index (χ0v) is 13.4. The normalized spacial score (nSPS) is 19.1. The lowest BCUT2D eigenvalue weighted by Gasteiger charge is -2.49. The molecule has 1 atom stereocenters. The van der Waals surface area contributed by atoms with Crippen LogP contribution in [0.1, 0.15) is 32.4 Å². The third-order valence-electron chi connectivity index (χ3n) is 4.68. The molecule has 0 radical (unpaired) electrons. The monoisotopic (exact) mass is 290 g/mol. The number of rotatable bonds is 5. The first-order chi connectivity index (χ1) is 9.83. The van der Waals surface area contributed by atoms with Gasteiger partial charge in [-0.05, 0) is 18.4 Å². The smallest absolute Gasteiger partial charge is 0.236 e. The van der Waals surface area contributed by atoms with Crippen LogP contribution in [0.25, 0.3) is 0 Å². The lowest BCUT2D eigenvalue weighted by atomic mass is 9.83. The molecular weight excluding hydrogens is 264 g/mol. The van der Waals surface area contributed by atoms with Crippen LogP contribution in [0, 0.1) is 5.92 Å². The molecule has 116 valence electrons. The fraction of sp³-hybridized carbons (Fsp3) is 0.588. The summed E-state index contributed by atoms with van der Waals surface area (Å²) in [6.07, 6.45) is 0. The molecule has 4 nitrogen and oxygen atoms in total. The molecule has 4 heteroatoms. The second-order valence-corrected chi connectivity index (χ2v) is 6.49. The van der Waals surface area contributed by atoms with Gasteiger partial charge in [0.15, 0.2) is 0 Å². The van der Waals surface area contributed by atoms with Crippen molar-refractivity contribution in [2.75, 3.05) is 26.7 Å². The van der Waals surface area contributed by atoms with E-state index in [1.807, 2.05) is 63.1 Å². The van der Waals surface area contributed by atoms with Crippen molar-refractivity contribution in [3.63, 3.8) is 0 Å². The van der Waals surface area contributed by atoms with E-state index in [-0.39, 0.29) is 17.9 Å². The Morgan fingerprint density at radius 3 is 2.38 bits per heavy atom. The summed E-state index contributed by atoms with van der Waals surface area (Å²) in [6.45, 7) is 7.62. The number of hydrogen-bond acceptors (Lipinski definition) is 3. The predicted octanol–water partition coefficient (Wildman–Crippen LogP) is 1.91. The Morgan fingerprint density at radius 2 is 1.86 bits per heavy atom. The van der Waals surface area contributed by atoms with Crippen LogP contribution in [-0.2, 0) is 4.79 Å². The Hall–Kier alpha value is -1.39. The molecule has 0 aliphatic carbocycles. The fourth-order valence-corrected chi connectivity index (χ4v) is 2.68. The molecule has 1 unspecified atom stereocenters. The van der Waals surface area contributed by atoms with Gasteiger partial charge in [-0.15, -0.1) is 0 Å². The van der Waals surface area contributed by atoms with Crippen LogP contribution >= 0.6 is 0 Å². The second-order valence-electron chi connectivity index (χ2n) is 6.49. The molecule has 21 heavy (non-hydrogen) atoms. The quantitative estimate of drug-likeness (QED) is 0.901. The van der Waals surface area contributed by atoms with Gasteiger partial charge in [-0.3, -0.25) is 9.69 Å². The first kappa shape index (κ1) is 16.0. The Balaban J connectivity index is 1.87. The average molecular weight is 290 g/mol. The van der Waals surface area contributed by atoms with Crippen LogP contribution in [0.3, 0.4) is 0 Å². The topological polar surface area (TPSA) is 43.8 Å². The lowest BCUT2D eigenvalue weighted by Crippen LogP contribution is -2.65. The SMILES string of the molecule is CC(c1ccccc1)N(C)C(=O)CN1CC(O)(C(C)C)C1. The van der Waals surface area contributed by atoms with E-state index in [1.54, 1.807) is 4.90 Å². The molecule has 0 spiro atoms. The highest BCUT2D eigenvalue weighted by Crippen LogP contribution is 2.28. The summed E-state index contributed by atoms with van der Waals surface area (Å²) < 4.78 is 0. The number of nitrogens with zero attached hydrogens (tertiary/aromatic N) is 2. The number of likely N-dealkylation sites (tertiary alicyclic amines) is 1. The number of aliphatic hydroxyl groups is 1. The van der Waals surface area contributed by atoms with Crippen molar-refractivity contribution in [1.82, 2.24) is 9.80 Å². The Kier molecular flexibility index (Phi) is 4.69. The summed E-state index contributed by atoms with van der Waals surface area (Å²) in [5, 5.41) is 10.2. The molecule has 1 fully saturated rings. The number of benzene rings is 1. The number of carbonyl (C=O) groups excluding carboxylic acids is 1. The number of likely N-dealkylation sites (N-methyl/N-ethyl adjacent to an activating group) is 1. The minimum Gasteiger partial charge on any atom is -0.387 e. The summed E-state index contributed by atoms with van der Waals surface area (Å²) in [5.41, 5.74) is 0.514. The van der Waals surface area contributed by atoms with E-state index in [0.717, 1.165) is 5.56 Å². The van der Waals surface area contributed by atoms with Gasteiger partial charge in [-0.25, -0.2) is 0 Å². The van der Waals surface area contributed by atoms with Crippen LogP contribution in [0.2, 0.25) is 0 Å². The summed E-state index contributed by atoms with van der Waals surface area (Å²) in [6, 6.07) is 10.1. The van der Waals surface area contributed by atoms with E-state index in [2.05, 4.69) is 0 Å². The van der Waals surface area contributed by atoms with E-state index >= 15 is 0 Å². The molecule has 1 heterocycles. The highest BCUT2D eigenvalue weighted by molar-refractivity contribution is 5.78. The van der Waals surface area contributed by atoms with E-state index in [0.29, 0.717) is 19.6 Å². The number of β-amino-alcohol motifs (C(OH)–C–C–N with tert-alkyl or cyclic N) is 1. The maximum atomic E-state index is 12.3. The molecule has 1 saturated heterocycles. The van der Waals surface area contributed by atoms with Crippen molar-refractivity contribution in [2.24, 2.45) is 5.92 Å². The standard InChI is InChI=1S/C17H26N2O2/c1-13(2)17(21)11-19(12-17)10-16(20)18(4)14(3)15-8-6-5-7-9-15/h5-9,13-14,21H,10-12H2,1-4H3. The van der Waals surface area contributed by atoms with E-state index in [4.69, 9.17) is 0 Å². The van der Waals surface area contributed by atoms with Gasteiger partial charge in [0.05, 0.1) is 18.2 Å². The molecule has 0 aromatic heterocycles. The van der Waals surface area contributed by atoms with Gasteiger partial charge in [0.2, 0.25) is 5.91 Å². The van der Waals surface area contributed by atoms with Crippen molar-refractivity contribution in [3.8, 4) is 0 Å². The zero-order chi connectivity index (χ0) is 15.6. The van der Waals surface area contributed by atoms with Gasteiger partial charge in [-0.2, -0.15) is 0 Å². The van der Waals surface area contributed by atoms with Crippen molar-refractivity contribution < 1.29 is 9.90 Å². The lowest BCUT2D eigenvalue weighted by molar-refractivity contribution is -0.149. The van der Waals surface area contributed by atoms with Gasteiger partial charge in [-0.1, -0.05) is 44.2 Å². The first-order valence-corrected chi connectivity index (χ1v) is 7.59. The molecule has 1 amide bonds. The molecule has 0 bridgehead atoms. The average Bonchev–Trinajstić information content (AvgIpc) is 2.44. The number of carbonyl (C=O) groups is 1. The minimum absolute atomic E-state index is 0.0592. The van der Waals surface area contributed by atoms with Crippen LogP contribution in [0.4, 0.5) is 0 Å². The Labute approximate surface area is 127 Å². The van der Waals surface area contributed by atoms with Gasteiger partial charge < -0.3 is 10.0 Å². The fourth-order valence-electron chi connectivity index (χ4n) is 2.68. The van der Waals surface area contributed by atoms with Gasteiger partial charge in [0.1, 0.15) is 0 Å². The minimum atomic E-state index is -0.621. The molecule has 1 aromatic rings. The summed E-state index contributed by atoms with van der Waals surface area (Å²) in [5.74, 6) is 0.321. The molecule has 2 rings (SSSR count). The second kappa shape index (κ2) is 6.16. The van der Waals surface area contributed by atoms with Gasteiger partial charge in [0.25, 0.3) is 0 Å². The van der Waals surface area contributed by atoms with E-state index in [9.17, 15) is 9.90 Å². The highest BCUT2D eigenvalue weighted by atomic mass is 16.3. The highest BCUT2D eigenvalue weighted by Gasteiger charge is 2.44. The first-order valence-electron chi connectivity index (χ1n) is 7.59. The molecule has 0 saturated carbocycles. The maximum Gasteiger partial charge on any atom is 0.236 e. The molecule has 1 aromatic carbocycles. The Bertz CT molecular complexity index is 481. The summed E-state index contributed by atoms with van der Waals surface area (Å²) >= 11 is 0. The molecule has 1 aliphatic heterocycles. The number of hydrogen-bond donors (Lipinski definition) is 1. The van der Waals surface area contributed by atoms with Gasteiger partial charge in [0, 0.05) is 20.1 Å². The summed E-state index contributed by atoms with van der Waals surface area (Å²) in [4.78, 5) is 16.1.